The van der Waals surface area contributed by atoms with Crippen LogP contribution in [0.1, 0.15) is 5.56 Å². The smallest absolute Gasteiger partial charge is 0.238 e. The summed E-state index contributed by atoms with van der Waals surface area (Å²) in [5, 5.41) is 4.61. The van der Waals surface area contributed by atoms with E-state index in [9.17, 15) is 4.79 Å². The van der Waals surface area contributed by atoms with E-state index in [0.717, 1.165) is 37.7 Å². The molecular formula is C19H20Cl3N3O. The standard InChI is InChI=1S/C19H20Cl3N3O/c20-15-3-1-14(2-4-15)12-24-5-7-25(8-6-24)13-19(26)23-18-10-16(21)9-17(22)11-18/h1-4,9-11H,5-8,12-13H2,(H,23,26). The summed E-state index contributed by atoms with van der Waals surface area (Å²) in [7, 11) is 0. The van der Waals surface area contributed by atoms with Gasteiger partial charge in [-0.1, -0.05) is 46.9 Å². The molecule has 1 heterocycles. The molecule has 2 aromatic carbocycles. The highest BCUT2D eigenvalue weighted by Crippen LogP contribution is 2.22. The van der Waals surface area contributed by atoms with E-state index in [1.165, 1.54) is 5.56 Å². The van der Waals surface area contributed by atoms with Gasteiger partial charge in [0.1, 0.15) is 0 Å². The van der Waals surface area contributed by atoms with Crippen LogP contribution in [-0.4, -0.2) is 48.4 Å². The third-order valence-corrected chi connectivity index (χ3v) is 4.99. The lowest BCUT2D eigenvalue weighted by Gasteiger charge is -2.34. The predicted octanol–water partition coefficient (Wildman–Crippen LogP) is 4.40. The molecule has 1 amide bonds. The number of nitrogens with zero attached hydrogens (tertiary/aromatic N) is 2. The van der Waals surface area contributed by atoms with Gasteiger partial charge in [-0.2, -0.15) is 0 Å². The van der Waals surface area contributed by atoms with E-state index in [1.807, 2.05) is 12.1 Å². The SMILES string of the molecule is O=C(CN1CCN(Cc2ccc(Cl)cc2)CC1)Nc1cc(Cl)cc(Cl)c1. The Labute approximate surface area is 168 Å². The molecule has 3 rings (SSSR count). The number of carbonyl (C=O) groups excluding carboxylic acids is 1. The average molecular weight is 413 g/mol. The predicted molar refractivity (Wildman–Crippen MR) is 108 cm³/mol. The van der Waals surface area contributed by atoms with Crippen LogP contribution in [-0.2, 0) is 11.3 Å². The molecule has 0 radical (unpaired) electrons. The van der Waals surface area contributed by atoms with Crippen molar-refractivity contribution >= 4 is 46.4 Å². The van der Waals surface area contributed by atoms with Crippen LogP contribution in [0.15, 0.2) is 42.5 Å². The van der Waals surface area contributed by atoms with Gasteiger partial charge in [0.15, 0.2) is 0 Å². The average Bonchev–Trinajstić information content (AvgIpc) is 2.57. The summed E-state index contributed by atoms with van der Waals surface area (Å²) in [5.41, 5.74) is 1.87. The minimum Gasteiger partial charge on any atom is -0.325 e. The molecule has 0 bridgehead atoms. The van der Waals surface area contributed by atoms with Gasteiger partial charge < -0.3 is 5.32 Å². The van der Waals surface area contributed by atoms with Crippen LogP contribution in [0.25, 0.3) is 0 Å². The van der Waals surface area contributed by atoms with E-state index in [4.69, 9.17) is 34.8 Å². The Kier molecular flexibility index (Phi) is 6.79. The highest BCUT2D eigenvalue weighted by Gasteiger charge is 2.19. The third kappa shape index (κ3) is 5.86. The molecule has 0 saturated carbocycles. The molecule has 1 aliphatic heterocycles. The van der Waals surface area contributed by atoms with Gasteiger partial charge >= 0.3 is 0 Å². The lowest BCUT2D eigenvalue weighted by Crippen LogP contribution is -2.48. The molecule has 0 unspecified atom stereocenters. The number of anilines is 1. The summed E-state index contributed by atoms with van der Waals surface area (Å²) in [6.45, 7) is 4.84. The van der Waals surface area contributed by atoms with Gasteiger partial charge in [0, 0.05) is 53.5 Å². The summed E-state index contributed by atoms with van der Waals surface area (Å²) in [4.78, 5) is 16.8. The van der Waals surface area contributed by atoms with Crippen LogP contribution in [0, 0.1) is 0 Å². The molecule has 26 heavy (non-hydrogen) atoms. The second kappa shape index (κ2) is 9.07. The lowest BCUT2D eigenvalue weighted by atomic mass is 10.2. The van der Waals surface area contributed by atoms with Crippen LogP contribution in [0.2, 0.25) is 15.1 Å². The van der Waals surface area contributed by atoms with Crippen LogP contribution in [0.5, 0.6) is 0 Å². The number of nitrogens with one attached hydrogen (secondary N) is 1. The second-order valence-electron chi connectivity index (χ2n) is 6.39. The van der Waals surface area contributed by atoms with Crippen molar-refractivity contribution in [3.8, 4) is 0 Å². The fraction of sp³-hybridized carbons (Fsp3) is 0.316. The van der Waals surface area contributed by atoms with Gasteiger partial charge in [0.2, 0.25) is 5.91 Å². The van der Waals surface area contributed by atoms with E-state index in [2.05, 4.69) is 27.2 Å². The minimum atomic E-state index is -0.0607. The molecule has 0 aliphatic carbocycles. The van der Waals surface area contributed by atoms with E-state index < -0.39 is 0 Å². The second-order valence-corrected chi connectivity index (χ2v) is 7.69. The quantitative estimate of drug-likeness (QED) is 0.790. The van der Waals surface area contributed by atoms with Crippen molar-refractivity contribution in [1.82, 2.24) is 9.80 Å². The fourth-order valence-electron chi connectivity index (χ4n) is 2.98. The molecular weight excluding hydrogens is 393 g/mol. The number of carbonyl (C=O) groups is 1. The summed E-state index contributed by atoms with van der Waals surface area (Å²) in [6, 6.07) is 13.0. The maximum absolute atomic E-state index is 12.2. The maximum Gasteiger partial charge on any atom is 0.238 e. The first-order valence-electron chi connectivity index (χ1n) is 8.43. The largest absolute Gasteiger partial charge is 0.325 e. The van der Waals surface area contributed by atoms with E-state index in [0.29, 0.717) is 22.3 Å². The zero-order chi connectivity index (χ0) is 18.5. The molecule has 0 spiro atoms. The van der Waals surface area contributed by atoms with Gasteiger partial charge in [0.25, 0.3) is 0 Å². The molecule has 2 aromatic rings. The summed E-state index contributed by atoms with van der Waals surface area (Å²) >= 11 is 17.8. The zero-order valence-electron chi connectivity index (χ0n) is 14.2. The molecule has 1 aliphatic rings. The zero-order valence-corrected chi connectivity index (χ0v) is 16.5. The number of rotatable bonds is 5. The van der Waals surface area contributed by atoms with Crippen molar-refractivity contribution in [1.29, 1.82) is 0 Å². The first kappa shape index (κ1) is 19.5. The number of hydrogen-bond acceptors (Lipinski definition) is 3. The van der Waals surface area contributed by atoms with Crippen molar-refractivity contribution in [2.75, 3.05) is 38.0 Å². The fourth-order valence-corrected chi connectivity index (χ4v) is 3.64. The molecule has 1 N–H and O–H groups in total. The maximum atomic E-state index is 12.2. The van der Waals surface area contributed by atoms with Crippen LogP contribution in [0.4, 0.5) is 5.69 Å². The van der Waals surface area contributed by atoms with Crippen molar-refractivity contribution in [2.24, 2.45) is 0 Å². The summed E-state index contributed by atoms with van der Waals surface area (Å²) in [5.74, 6) is -0.0607. The Bertz CT molecular complexity index is 739. The van der Waals surface area contributed by atoms with Gasteiger partial charge in [0.05, 0.1) is 6.54 Å². The molecule has 138 valence electrons. The van der Waals surface area contributed by atoms with E-state index >= 15 is 0 Å². The normalized spacial score (nSPS) is 15.8. The first-order valence-corrected chi connectivity index (χ1v) is 9.56. The van der Waals surface area contributed by atoms with E-state index in [1.54, 1.807) is 18.2 Å². The van der Waals surface area contributed by atoms with Crippen molar-refractivity contribution < 1.29 is 4.79 Å². The molecule has 1 fully saturated rings. The van der Waals surface area contributed by atoms with Crippen molar-refractivity contribution in [3.05, 3.63) is 63.1 Å². The Morgan fingerprint density at radius 2 is 1.42 bits per heavy atom. The van der Waals surface area contributed by atoms with Gasteiger partial charge in [-0.05, 0) is 35.9 Å². The summed E-state index contributed by atoms with van der Waals surface area (Å²) < 4.78 is 0. The van der Waals surface area contributed by atoms with Gasteiger partial charge in [-0.3, -0.25) is 14.6 Å². The van der Waals surface area contributed by atoms with Crippen molar-refractivity contribution in [2.45, 2.75) is 6.54 Å². The highest BCUT2D eigenvalue weighted by atomic mass is 35.5. The number of piperazine rings is 1. The first-order chi connectivity index (χ1) is 12.5. The molecule has 1 saturated heterocycles. The van der Waals surface area contributed by atoms with Crippen LogP contribution < -0.4 is 5.32 Å². The minimum absolute atomic E-state index is 0.0607. The lowest BCUT2D eigenvalue weighted by molar-refractivity contribution is -0.117. The number of hydrogen-bond donors (Lipinski definition) is 1. The number of halogens is 3. The molecule has 7 heteroatoms. The monoisotopic (exact) mass is 411 g/mol. The van der Waals surface area contributed by atoms with Gasteiger partial charge in [-0.25, -0.2) is 0 Å². The third-order valence-electron chi connectivity index (χ3n) is 4.30. The summed E-state index contributed by atoms with van der Waals surface area (Å²) in [6.07, 6.45) is 0. The molecule has 0 atom stereocenters. The Hall–Kier alpha value is -1.30. The highest BCUT2D eigenvalue weighted by molar-refractivity contribution is 6.35. The Balaban J connectivity index is 1.44. The van der Waals surface area contributed by atoms with Crippen LogP contribution >= 0.6 is 34.8 Å². The van der Waals surface area contributed by atoms with Crippen LogP contribution in [0.3, 0.4) is 0 Å². The molecule has 0 aromatic heterocycles. The molecule has 4 nitrogen and oxygen atoms in total. The van der Waals surface area contributed by atoms with E-state index in [-0.39, 0.29) is 5.91 Å². The number of amides is 1. The van der Waals surface area contributed by atoms with Crippen molar-refractivity contribution in [3.63, 3.8) is 0 Å². The Morgan fingerprint density at radius 3 is 2.04 bits per heavy atom. The van der Waals surface area contributed by atoms with Gasteiger partial charge in [-0.15, -0.1) is 0 Å². The number of benzene rings is 2. The topological polar surface area (TPSA) is 35.6 Å². The Morgan fingerprint density at radius 1 is 0.846 bits per heavy atom.